The van der Waals surface area contributed by atoms with Crippen LogP contribution in [0, 0.1) is 0 Å². The second kappa shape index (κ2) is 5.19. The Morgan fingerprint density at radius 1 is 1.65 bits per heavy atom. The number of hydrogen-bond donors (Lipinski definition) is 1. The summed E-state index contributed by atoms with van der Waals surface area (Å²) < 4.78 is 6.74. The van der Waals surface area contributed by atoms with E-state index >= 15 is 0 Å². The van der Waals surface area contributed by atoms with Crippen LogP contribution in [0.1, 0.15) is 6.92 Å². The standard InChI is InChI=1S/C9H15N5O3/c1-7-5-17-8(4-15)2-14(7)9(16)3-13-6-10-11-12-13/h6-8,15H,2-5H2,1H3. The van der Waals surface area contributed by atoms with Crippen LogP contribution in [0.3, 0.4) is 0 Å². The summed E-state index contributed by atoms with van der Waals surface area (Å²) in [6, 6.07) is 0.00165. The Balaban J connectivity index is 1.97. The monoisotopic (exact) mass is 241 g/mol. The van der Waals surface area contributed by atoms with E-state index in [0.717, 1.165) is 0 Å². The first-order chi connectivity index (χ1) is 8.20. The van der Waals surface area contributed by atoms with Gasteiger partial charge in [0, 0.05) is 6.54 Å². The Labute approximate surface area is 98.2 Å². The number of ether oxygens (including phenoxy) is 1. The number of carbonyl (C=O) groups excluding carboxylic acids is 1. The van der Waals surface area contributed by atoms with Gasteiger partial charge in [-0.05, 0) is 17.4 Å². The van der Waals surface area contributed by atoms with Gasteiger partial charge in [-0.1, -0.05) is 0 Å². The summed E-state index contributed by atoms with van der Waals surface area (Å²) in [4.78, 5) is 13.7. The highest BCUT2D eigenvalue weighted by atomic mass is 16.5. The smallest absolute Gasteiger partial charge is 0.244 e. The number of tetrazole rings is 1. The van der Waals surface area contributed by atoms with Crippen molar-refractivity contribution in [2.75, 3.05) is 19.8 Å². The van der Waals surface area contributed by atoms with Crippen molar-refractivity contribution in [1.82, 2.24) is 25.1 Å². The zero-order chi connectivity index (χ0) is 12.3. The van der Waals surface area contributed by atoms with Crippen LogP contribution in [0.5, 0.6) is 0 Å². The topological polar surface area (TPSA) is 93.4 Å². The first-order valence-electron chi connectivity index (χ1n) is 5.43. The largest absolute Gasteiger partial charge is 0.394 e. The van der Waals surface area contributed by atoms with E-state index in [2.05, 4.69) is 15.5 Å². The molecule has 1 N–H and O–H groups in total. The average Bonchev–Trinajstić information content (AvgIpc) is 2.82. The van der Waals surface area contributed by atoms with Crippen LogP contribution in [0.2, 0.25) is 0 Å². The fourth-order valence-corrected chi connectivity index (χ4v) is 1.76. The second-order valence-corrected chi connectivity index (χ2v) is 4.04. The Morgan fingerprint density at radius 3 is 3.12 bits per heavy atom. The molecule has 2 heterocycles. The zero-order valence-corrected chi connectivity index (χ0v) is 9.56. The number of carbonyl (C=O) groups is 1. The third-order valence-corrected chi connectivity index (χ3v) is 2.72. The molecule has 0 spiro atoms. The number of rotatable bonds is 3. The fraction of sp³-hybridized carbons (Fsp3) is 0.778. The Kier molecular flexibility index (Phi) is 3.64. The van der Waals surface area contributed by atoms with E-state index in [9.17, 15) is 4.79 Å². The number of hydrogen-bond acceptors (Lipinski definition) is 6. The molecule has 2 unspecified atom stereocenters. The first kappa shape index (κ1) is 11.9. The molecule has 0 aliphatic carbocycles. The molecule has 0 saturated carbocycles. The molecular formula is C9H15N5O3. The molecule has 0 bridgehead atoms. The van der Waals surface area contributed by atoms with Gasteiger partial charge in [-0.3, -0.25) is 4.79 Å². The van der Waals surface area contributed by atoms with Crippen molar-refractivity contribution in [1.29, 1.82) is 0 Å². The van der Waals surface area contributed by atoms with E-state index in [-0.39, 0.29) is 31.2 Å². The van der Waals surface area contributed by atoms with Gasteiger partial charge in [-0.2, -0.15) is 0 Å². The number of aliphatic hydroxyl groups is 1. The molecular weight excluding hydrogens is 226 g/mol. The second-order valence-electron chi connectivity index (χ2n) is 4.04. The van der Waals surface area contributed by atoms with Gasteiger partial charge >= 0.3 is 0 Å². The van der Waals surface area contributed by atoms with Gasteiger partial charge in [0.05, 0.1) is 25.4 Å². The highest BCUT2D eigenvalue weighted by Crippen LogP contribution is 2.12. The molecule has 8 heteroatoms. The van der Waals surface area contributed by atoms with Crippen LogP contribution >= 0.6 is 0 Å². The lowest BCUT2D eigenvalue weighted by Gasteiger charge is -2.37. The summed E-state index contributed by atoms with van der Waals surface area (Å²) in [5.41, 5.74) is 0. The molecule has 1 aromatic heterocycles. The van der Waals surface area contributed by atoms with Gasteiger partial charge in [0.25, 0.3) is 0 Å². The maximum Gasteiger partial charge on any atom is 0.244 e. The van der Waals surface area contributed by atoms with Crippen LogP contribution < -0.4 is 0 Å². The van der Waals surface area contributed by atoms with E-state index in [1.807, 2.05) is 6.92 Å². The van der Waals surface area contributed by atoms with E-state index < -0.39 is 0 Å². The van der Waals surface area contributed by atoms with Crippen molar-refractivity contribution >= 4 is 5.91 Å². The normalized spacial score (nSPS) is 24.9. The summed E-state index contributed by atoms with van der Waals surface area (Å²) in [7, 11) is 0. The molecule has 0 radical (unpaired) electrons. The molecule has 8 nitrogen and oxygen atoms in total. The molecule has 1 amide bonds. The quantitative estimate of drug-likeness (QED) is 0.676. The predicted molar refractivity (Wildman–Crippen MR) is 55.8 cm³/mol. The average molecular weight is 241 g/mol. The van der Waals surface area contributed by atoms with Crippen LogP contribution in [-0.4, -0.2) is 68.0 Å². The Hall–Kier alpha value is -1.54. The summed E-state index contributed by atoms with van der Waals surface area (Å²) in [6.45, 7) is 2.77. The maximum absolute atomic E-state index is 12.0. The van der Waals surface area contributed by atoms with Crippen LogP contribution in [-0.2, 0) is 16.1 Å². The third-order valence-electron chi connectivity index (χ3n) is 2.72. The lowest BCUT2D eigenvalue weighted by molar-refractivity contribution is -0.147. The predicted octanol–water partition coefficient (Wildman–Crippen LogP) is -1.72. The molecule has 1 aliphatic rings. The number of aliphatic hydroxyl groups excluding tert-OH is 1. The zero-order valence-electron chi connectivity index (χ0n) is 9.56. The number of amides is 1. The molecule has 0 aromatic carbocycles. The fourth-order valence-electron chi connectivity index (χ4n) is 1.76. The molecule has 2 atom stereocenters. The van der Waals surface area contributed by atoms with Gasteiger partial charge in [0.2, 0.25) is 5.91 Å². The van der Waals surface area contributed by atoms with E-state index in [1.165, 1.54) is 11.0 Å². The van der Waals surface area contributed by atoms with E-state index in [4.69, 9.17) is 9.84 Å². The van der Waals surface area contributed by atoms with Crippen molar-refractivity contribution < 1.29 is 14.6 Å². The van der Waals surface area contributed by atoms with E-state index in [0.29, 0.717) is 13.2 Å². The van der Waals surface area contributed by atoms with Gasteiger partial charge < -0.3 is 14.7 Å². The first-order valence-corrected chi connectivity index (χ1v) is 5.43. The Morgan fingerprint density at radius 2 is 2.47 bits per heavy atom. The minimum Gasteiger partial charge on any atom is -0.394 e. The summed E-state index contributed by atoms with van der Waals surface area (Å²) in [5.74, 6) is -0.0773. The van der Waals surface area contributed by atoms with Crippen LogP contribution in [0.15, 0.2) is 6.33 Å². The number of morpholine rings is 1. The van der Waals surface area contributed by atoms with Crippen LogP contribution in [0.4, 0.5) is 0 Å². The van der Waals surface area contributed by atoms with Crippen LogP contribution in [0.25, 0.3) is 0 Å². The van der Waals surface area contributed by atoms with Gasteiger partial charge in [-0.25, -0.2) is 4.68 Å². The highest BCUT2D eigenvalue weighted by molar-refractivity contribution is 5.76. The molecule has 1 fully saturated rings. The van der Waals surface area contributed by atoms with E-state index in [1.54, 1.807) is 4.90 Å². The summed E-state index contributed by atoms with van der Waals surface area (Å²) >= 11 is 0. The van der Waals surface area contributed by atoms with Gasteiger partial charge in [0.1, 0.15) is 12.9 Å². The molecule has 1 aromatic rings. The molecule has 94 valence electrons. The Bertz CT molecular complexity index is 369. The minimum atomic E-state index is -0.302. The number of aromatic nitrogens is 4. The molecule has 2 rings (SSSR count). The van der Waals surface area contributed by atoms with Gasteiger partial charge in [0.15, 0.2) is 0 Å². The lowest BCUT2D eigenvalue weighted by atomic mass is 10.2. The SMILES string of the molecule is CC1COC(CO)CN1C(=O)Cn1cnnn1. The maximum atomic E-state index is 12.0. The van der Waals surface area contributed by atoms with Crippen molar-refractivity contribution in [3.8, 4) is 0 Å². The highest BCUT2D eigenvalue weighted by Gasteiger charge is 2.29. The van der Waals surface area contributed by atoms with Crippen molar-refractivity contribution in [3.05, 3.63) is 6.33 Å². The lowest BCUT2D eigenvalue weighted by Crippen LogP contribution is -2.52. The molecule has 1 saturated heterocycles. The summed E-state index contributed by atoms with van der Waals surface area (Å²) in [6.07, 6.45) is 1.09. The molecule has 1 aliphatic heterocycles. The van der Waals surface area contributed by atoms with Crippen molar-refractivity contribution in [3.63, 3.8) is 0 Å². The third kappa shape index (κ3) is 2.77. The number of nitrogens with zero attached hydrogens (tertiary/aromatic N) is 5. The minimum absolute atomic E-state index is 0.00165. The van der Waals surface area contributed by atoms with Crippen molar-refractivity contribution in [2.24, 2.45) is 0 Å². The van der Waals surface area contributed by atoms with Crippen molar-refractivity contribution in [2.45, 2.75) is 25.6 Å². The summed E-state index contributed by atoms with van der Waals surface area (Å²) in [5, 5.41) is 19.6. The molecule has 17 heavy (non-hydrogen) atoms. The van der Waals surface area contributed by atoms with Gasteiger partial charge in [-0.15, -0.1) is 5.10 Å².